The lowest BCUT2D eigenvalue weighted by molar-refractivity contribution is 0.300. The van der Waals surface area contributed by atoms with Crippen molar-refractivity contribution in [3.8, 4) is 17.8 Å². The van der Waals surface area contributed by atoms with Gasteiger partial charge in [0.2, 0.25) is 0 Å². The highest BCUT2D eigenvalue weighted by atomic mass is 16.5. The van der Waals surface area contributed by atoms with Crippen molar-refractivity contribution in [2.45, 2.75) is 40.8 Å². The Bertz CT molecular complexity index is 1490. The summed E-state index contributed by atoms with van der Waals surface area (Å²) >= 11 is 0. The molecule has 0 N–H and O–H groups in total. The average Bonchev–Trinajstić information content (AvgIpc) is 3.07. The smallest absolute Gasteiger partial charge is 0.298 e. The van der Waals surface area contributed by atoms with Crippen LogP contribution in [0.2, 0.25) is 0 Å². The van der Waals surface area contributed by atoms with Gasteiger partial charge in [-0.05, 0) is 68.1 Å². The number of allylic oxidation sites excluding steroid dienone is 1. The lowest BCUT2D eigenvalue weighted by atomic mass is 9.90. The molecule has 0 spiro atoms. The maximum absolute atomic E-state index is 9.70. The summed E-state index contributed by atoms with van der Waals surface area (Å²) in [6.45, 7) is 9.38. The Balaban J connectivity index is 1.62. The van der Waals surface area contributed by atoms with Crippen LogP contribution in [0.5, 0.6) is 11.8 Å². The Hall–Kier alpha value is -4.11. The highest BCUT2D eigenvalue weighted by molar-refractivity contribution is 5.88. The highest BCUT2D eigenvalue weighted by Crippen LogP contribution is 2.39. The number of aryl methyl sites for hydroxylation is 2. The van der Waals surface area contributed by atoms with Gasteiger partial charge >= 0.3 is 0 Å². The van der Waals surface area contributed by atoms with E-state index >= 15 is 0 Å². The summed E-state index contributed by atoms with van der Waals surface area (Å²) in [5.74, 6) is 0.791. The Labute approximate surface area is 199 Å². The topological polar surface area (TPSA) is 73.0 Å². The van der Waals surface area contributed by atoms with Crippen molar-refractivity contribution < 1.29 is 9.47 Å². The highest BCUT2D eigenvalue weighted by Gasteiger charge is 2.22. The molecular formula is C28H26N4O2. The second kappa shape index (κ2) is 8.68. The van der Waals surface area contributed by atoms with Crippen molar-refractivity contribution >= 4 is 16.7 Å². The normalized spacial score (nSPS) is 14.0. The summed E-state index contributed by atoms with van der Waals surface area (Å²) in [6, 6.07) is 19.2. The quantitative estimate of drug-likeness (QED) is 0.371. The van der Waals surface area contributed by atoms with Gasteiger partial charge in [-0.25, -0.2) is 4.98 Å². The number of hydrogen-bond donors (Lipinski definition) is 0. The minimum absolute atomic E-state index is 0.432. The lowest BCUT2D eigenvalue weighted by Gasteiger charge is -2.14. The first kappa shape index (κ1) is 21.7. The Morgan fingerprint density at radius 3 is 2.74 bits per heavy atom. The Morgan fingerprint density at radius 2 is 1.94 bits per heavy atom. The van der Waals surface area contributed by atoms with E-state index in [2.05, 4.69) is 24.3 Å². The van der Waals surface area contributed by atoms with Gasteiger partial charge in [0.1, 0.15) is 17.9 Å². The van der Waals surface area contributed by atoms with E-state index in [1.807, 2.05) is 62.6 Å². The third-order valence-electron chi connectivity index (χ3n) is 6.12. The number of rotatable bonds is 4. The molecule has 6 nitrogen and oxygen atoms in total. The predicted molar refractivity (Wildman–Crippen MR) is 132 cm³/mol. The molecule has 34 heavy (non-hydrogen) atoms. The van der Waals surface area contributed by atoms with E-state index in [9.17, 15) is 5.26 Å². The summed E-state index contributed by atoms with van der Waals surface area (Å²) in [4.78, 5) is 9.49. The second-order valence-corrected chi connectivity index (χ2v) is 8.55. The summed E-state index contributed by atoms with van der Waals surface area (Å²) in [5.41, 5.74) is 9.40. The molecule has 5 rings (SSSR count). The van der Waals surface area contributed by atoms with Crippen molar-refractivity contribution in [2.24, 2.45) is 0 Å². The molecular weight excluding hydrogens is 424 g/mol. The lowest BCUT2D eigenvalue weighted by Crippen LogP contribution is -2.07. The van der Waals surface area contributed by atoms with Gasteiger partial charge < -0.3 is 9.47 Å². The number of nitriles is 1. The second-order valence-electron chi connectivity index (χ2n) is 8.55. The molecule has 2 aromatic heterocycles. The fourth-order valence-electron chi connectivity index (χ4n) is 4.62. The third-order valence-corrected chi connectivity index (χ3v) is 6.12. The summed E-state index contributed by atoms with van der Waals surface area (Å²) in [5, 5.41) is 9.70. The molecule has 0 saturated heterocycles. The number of hydrogen-bond acceptors (Lipinski definition) is 5. The van der Waals surface area contributed by atoms with Gasteiger partial charge in [-0.15, -0.1) is 0 Å². The molecule has 0 atom stereocenters. The molecule has 0 radical (unpaired) electrons. The van der Waals surface area contributed by atoms with Gasteiger partial charge in [0, 0.05) is 22.4 Å². The average molecular weight is 451 g/mol. The maximum atomic E-state index is 9.70. The van der Waals surface area contributed by atoms with Gasteiger partial charge in [0.05, 0.1) is 19.2 Å². The van der Waals surface area contributed by atoms with Crippen LogP contribution in [0.15, 0.2) is 54.1 Å². The van der Waals surface area contributed by atoms with E-state index in [1.165, 1.54) is 0 Å². The molecule has 3 heterocycles. The molecule has 0 saturated carbocycles. The number of pyridine rings is 1. The van der Waals surface area contributed by atoms with Crippen molar-refractivity contribution in [3.63, 3.8) is 0 Å². The number of nitrogens with zero attached hydrogens (tertiary/aromatic N) is 4. The van der Waals surface area contributed by atoms with E-state index in [4.69, 9.17) is 19.4 Å². The first-order valence-corrected chi connectivity index (χ1v) is 11.4. The fourth-order valence-corrected chi connectivity index (χ4v) is 4.62. The zero-order valence-corrected chi connectivity index (χ0v) is 19.8. The number of imidazole rings is 1. The first-order chi connectivity index (χ1) is 16.5. The van der Waals surface area contributed by atoms with Crippen LogP contribution in [0, 0.1) is 25.2 Å². The van der Waals surface area contributed by atoms with Gasteiger partial charge in [-0.1, -0.05) is 30.3 Å². The maximum Gasteiger partial charge on any atom is 0.298 e. The number of para-hydroxylation sites is 1. The monoisotopic (exact) mass is 450 g/mol. The summed E-state index contributed by atoms with van der Waals surface area (Å²) in [6.07, 6.45) is 0. The van der Waals surface area contributed by atoms with Crippen molar-refractivity contribution in [2.75, 3.05) is 6.61 Å². The molecule has 0 unspecified atom stereocenters. The van der Waals surface area contributed by atoms with Crippen LogP contribution in [0.3, 0.4) is 0 Å². The molecule has 1 aliphatic rings. The summed E-state index contributed by atoms with van der Waals surface area (Å²) < 4.78 is 14.1. The van der Waals surface area contributed by atoms with Gasteiger partial charge in [0.15, 0.2) is 5.65 Å². The minimum atomic E-state index is 0.432. The molecule has 0 aliphatic carbocycles. The van der Waals surface area contributed by atoms with Crippen molar-refractivity contribution in [1.29, 1.82) is 5.26 Å². The zero-order valence-electron chi connectivity index (χ0n) is 19.8. The number of ether oxygens (including phenoxy) is 2. The zero-order chi connectivity index (χ0) is 23.8. The molecule has 2 aromatic carbocycles. The predicted octanol–water partition coefficient (Wildman–Crippen LogP) is 5.73. The van der Waals surface area contributed by atoms with Crippen LogP contribution >= 0.6 is 0 Å². The number of benzene rings is 2. The molecule has 4 aromatic rings. The van der Waals surface area contributed by atoms with Crippen LogP contribution in [0.4, 0.5) is 0 Å². The minimum Gasteiger partial charge on any atom is -0.488 e. The van der Waals surface area contributed by atoms with Gasteiger partial charge in [-0.2, -0.15) is 10.2 Å². The Morgan fingerprint density at radius 1 is 1.12 bits per heavy atom. The van der Waals surface area contributed by atoms with E-state index in [0.29, 0.717) is 31.3 Å². The SMILES string of the molecule is CCOc1nc2c(C)cc(C)nc2n1Cc1ccc2c(c1)COc1ccccc1C2=C(C)C#N. The van der Waals surface area contributed by atoms with E-state index < -0.39 is 0 Å². The van der Waals surface area contributed by atoms with Crippen molar-refractivity contribution in [1.82, 2.24) is 14.5 Å². The molecule has 1 aliphatic heterocycles. The standard InChI is InChI=1S/C28H26N4O2/c1-5-33-28-31-26-17(2)12-19(4)30-27(26)32(28)15-20-10-11-22-21(13-20)16-34-24-9-7-6-8-23(24)25(22)18(3)14-29/h6-13H,5,15-16H2,1-4H3. The molecule has 6 heteroatoms. The molecule has 0 amide bonds. The first-order valence-electron chi connectivity index (χ1n) is 11.4. The third kappa shape index (κ3) is 3.69. The summed E-state index contributed by atoms with van der Waals surface area (Å²) in [7, 11) is 0. The van der Waals surface area contributed by atoms with Crippen LogP contribution in [-0.4, -0.2) is 21.1 Å². The number of aromatic nitrogens is 3. The van der Waals surface area contributed by atoms with Crippen LogP contribution < -0.4 is 9.47 Å². The van der Waals surface area contributed by atoms with E-state index in [1.54, 1.807) is 0 Å². The molecule has 0 fully saturated rings. The van der Waals surface area contributed by atoms with Crippen LogP contribution in [0.1, 0.15) is 47.4 Å². The fraction of sp³-hybridized carbons (Fsp3) is 0.250. The number of fused-ring (bicyclic) bond motifs is 3. The van der Waals surface area contributed by atoms with Gasteiger partial charge in [0.25, 0.3) is 6.01 Å². The molecule has 0 bridgehead atoms. The Kier molecular flexibility index (Phi) is 5.54. The van der Waals surface area contributed by atoms with Crippen molar-refractivity contribution in [3.05, 3.63) is 87.6 Å². The van der Waals surface area contributed by atoms with Crippen LogP contribution in [-0.2, 0) is 13.2 Å². The van der Waals surface area contributed by atoms with E-state index in [0.717, 1.165) is 56.0 Å². The van der Waals surface area contributed by atoms with Gasteiger partial charge in [-0.3, -0.25) is 4.57 Å². The van der Waals surface area contributed by atoms with Crippen LogP contribution in [0.25, 0.3) is 16.7 Å². The largest absolute Gasteiger partial charge is 0.488 e. The van der Waals surface area contributed by atoms with E-state index in [-0.39, 0.29) is 0 Å². The molecule has 170 valence electrons.